The summed E-state index contributed by atoms with van der Waals surface area (Å²) in [7, 11) is 0.110. The third-order valence-corrected chi connectivity index (χ3v) is 9.62. The number of ether oxygens (including phenoxy) is 3. The number of amides is 2. The normalized spacial score (nSPS) is 11.7. The van der Waals surface area contributed by atoms with Crippen LogP contribution in [-0.2, 0) is 32.6 Å². The molecular formula is C37H43N3O7S. The Morgan fingerprint density at radius 3 is 2.10 bits per heavy atom. The van der Waals surface area contributed by atoms with Crippen molar-refractivity contribution in [2.75, 3.05) is 38.7 Å². The maximum absolute atomic E-state index is 14.7. The van der Waals surface area contributed by atoms with E-state index < -0.39 is 28.5 Å². The van der Waals surface area contributed by atoms with Crippen molar-refractivity contribution >= 4 is 27.5 Å². The van der Waals surface area contributed by atoms with Crippen molar-refractivity contribution in [1.29, 1.82) is 0 Å². The van der Waals surface area contributed by atoms with Crippen LogP contribution in [0.4, 0.5) is 5.69 Å². The molecule has 0 heterocycles. The van der Waals surface area contributed by atoms with Crippen LogP contribution in [0.5, 0.6) is 17.2 Å². The van der Waals surface area contributed by atoms with Crippen LogP contribution in [0.15, 0.2) is 102 Å². The molecule has 11 heteroatoms. The molecule has 0 aliphatic rings. The highest BCUT2D eigenvalue weighted by Gasteiger charge is 2.35. The van der Waals surface area contributed by atoms with Crippen molar-refractivity contribution in [2.24, 2.45) is 0 Å². The summed E-state index contributed by atoms with van der Waals surface area (Å²) in [6, 6.07) is 26.8. The van der Waals surface area contributed by atoms with Gasteiger partial charge >= 0.3 is 0 Å². The third kappa shape index (κ3) is 8.86. The van der Waals surface area contributed by atoms with Crippen molar-refractivity contribution in [2.45, 2.75) is 44.2 Å². The third-order valence-electron chi connectivity index (χ3n) is 7.85. The first-order valence-electron chi connectivity index (χ1n) is 15.7. The highest BCUT2D eigenvalue weighted by atomic mass is 32.2. The first kappa shape index (κ1) is 35.8. The number of sulfonamides is 1. The fourth-order valence-electron chi connectivity index (χ4n) is 5.23. The van der Waals surface area contributed by atoms with Crippen molar-refractivity contribution < 1.29 is 32.2 Å². The second-order valence-electron chi connectivity index (χ2n) is 11.2. The Labute approximate surface area is 283 Å². The Morgan fingerprint density at radius 1 is 0.792 bits per heavy atom. The fraction of sp³-hybridized carbons (Fsp3) is 0.297. The van der Waals surface area contributed by atoms with Gasteiger partial charge in [-0.15, -0.1) is 0 Å². The van der Waals surface area contributed by atoms with Gasteiger partial charge in [-0.05, 0) is 60.9 Å². The molecule has 4 aromatic carbocycles. The van der Waals surface area contributed by atoms with Gasteiger partial charge in [-0.3, -0.25) is 13.9 Å². The van der Waals surface area contributed by atoms with E-state index in [1.54, 1.807) is 49.6 Å². The lowest BCUT2D eigenvalue weighted by atomic mass is 10.0. The zero-order chi connectivity index (χ0) is 34.7. The van der Waals surface area contributed by atoms with E-state index in [4.69, 9.17) is 14.2 Å². The lowest BCUT2D eigenvalue weighted by Gasteiger charge is -2.34. The van der Waals surface area contributed by atoms with Gasteiger partial charge in [-0.2, -0.15) is 0 Å². The van der Waals surface area contributed by atoms with E-state index in [1.165, 1.54) is 37.3 Å². The maximum atomic E-state index is 14.7. The lowest BCUT2D eigenvalue weighted by Crippen LogP contribution is -2.53. The van der Waals surface area contributed by atoms with E-state index in [1.807, 2.05) is 50.2 Å². The SMILES string of the molecule is CCCNC(=O)C(Cc1ccccc1)N(Cc1cccc(OC)c1)C(=O)CN(c1cc(OC)ccc1OC)S(=O)(=O)c1ccc(C)cc1. The van der Waals surface area contributed by atoms with Gasteiger partial charge in [0.05, 0.1) is 31.9 Å². The zero-order valence-electron chi connectivity index (χ0n) is 28.0. The number of rotatable bonds is 16. The monoisotopic (exact) mass is 673 g/mol. The van der Waals surface area contributed by atoms with E-state index in [9.17, 15) is 18.0 Å². The molecule has 0 aliphatic carbocycles. The summed E-state index contributed by atoms with van der Waals surface area (Å²) in [5, 5.41) is 2.95. The van der Waals surface area contributed by atoms with Gasteiger partial charge in [0.1, 0.15) is 29.8 Å². The largest absolute Gasteiger partial charge is 0.497 e. The predicted octanol–water partition coefficient (Wildman–Crippen LogP) is 5.38. The minimum atomic E-state index is -4.33. The standard InChI is InChI=1S/C37H43N3O7S/c1-6-21-38-37(42)34(23-28-11-8-7-9-12-28)39(25-29-13-10-14-30(22-29)45-3)36(41)26-40(33-24-31(46-4)17-20-35(33)47-5)48(43,44)32-18-15-27(2)16-19-32/h7-20,22,24,34H,6,21,23,25-26H2,1-5H3,(H,38,42). The molecule has 10 nitrogen and oxygen atoms in total. The molecule has 254 valence electrons. The molecule has 0 saturated heterocycles. The smallest absolute Gasteiger partial charge is 0.264 e. The molecule has 0 aromatic heterocycles. The Morgan fingerprint density at radius 2 is 1.46 bits per heavy atom. The summed E-state index contributed by atoms with van der Waals surface area (Å²) in [4.78, 5) is 30.0. The molecule has 0 bridgehead atoms. The van der Waals surface area contributed by atoms with Crippen molar-refractivity contribution in [1.82, 2.24) is 10.2 Å². The minimum Gasteiger partial charge on any atom is -0.497 e. The van der Waals surface area contributed by atoms with Gasteiger partial charge in [0.2, 0.25) is 11.8 Å². The highest BCUT2D eigenvalue weighted by Crippen LogP contribution is 2.36. The Kier molecular flexibility index (Phi) is 12.5. The number of aryl methyl sites for hydroxylation is 1. The molecular weight excluding hydrogens is 630 g/mol. The van der Waals surface area contributed by atoms with Crippen molar-refractivity contribution in [3.8, 4) is 17.2 Å². The van der Waals surface area contributed by atoms with Crippen LogP contribution in [-0.4, -0.2) is 65.6 Å². The van der Waals surface area contributed by atoms with Crippen molar-refractivity contribution in [3.63, 3.8) is 0 Å². The fourth-order valence-corrected chi connectivity index (χ4v) is 6.65. The van der Waals surface area contributed by atoms with Crippen LogP contribution < -0.4 is 23.8 Å². The lowest BCUT2D eigenvalue weighted by molar-refractivity contribution is -0.140. The average molecular weight is 674 g/mol. The molecule has 0 aliphatic heterocycles. The molecule has 0 spiro atoms. The van der Waals surface area contributed by atoms with Gasteiger partial charge in [0, 0.05) is 25.6 Å². The molecule has 4 aromatic rings. The van der Waals surface area contributed by atoms with E-state index in [0.29, 0.717) is 30.0 Å². The summed E-state index contributed by atoms with van der Waals surface area (Å²) in [6.07, 6.45) is 0.908. The Balaban J connectivity index is 1.87. The van der Waals surface area contributed by atoms with E-state index in [-0.39, 0.29) is 35.2 Å². The van der Waals surface area contributed by atoms with Crippen LogP contribution in [0.3, 0.4) is 0 Å². The number of nitrogens with zero attached hydrogens (tertiary/aromatic N) is 2. The Bertz CT molecular complexity index is 1780. The molecule has 1 atom stereocenters. The second kappa shape index (κ2) is 16.7. The summed E-state index contributed by atoms with van der Waals surface area (Å²) in [6.45, 7) is 3.60. The van der Waals surface area contributed by atoms with Gasteiger partial charge in [-0.1, -0.05) is 67.1 Å². The average Bonchev–Trinajstić information content (AvgIpc) is 3.11. The van der Waals surface area contributed by atoms with Crippen LogP contribution in [0.2, 0.25) is 0 Å². The van der Waals surface area contributed by atoms with Gasteiger partial charge in [-0.25, -0.2) is 8.42 Å². The van der Waals surface area contributed by atoms with Gasteiger partial charge in [0.25, 0.3) is 10.0 Å². The summed E-state index contributed by atoms with van der Waals surface area (Å²) in [5.74, 6) is 0.242. The number of methoxy groups -OCH3 is 3. The number of carbonyl (C=O) groups is 2. The number of nitrogens with one attached hydrogen (secondary N) is 1. The second-order valence-corrected chi connectivity index (χ2v) is 13.1. The van der Waals surface area contributed by atoms with Gasteiger partial charge in [0.15, 0.2) is 0 Å². The molecule has 0 saturated carbocycles. The number of hydrogen-bond donors (Lipinski definition) is 1. The van der Waals surface area contributed by atoms with E-state index >= 15 is 0 Å². The molecule has 1 N–H and O–H groups in total. The van der Waals surface area contributed by atoms with E-state index in [2.05, 4.69) is 5.32 Å². The first-order valence-corrected chi connectivity index (χ1v) is 17.1. The van der Waals surface area contributed by atoms with Crippen molar-refractivity contribution in [3.05, 3.63) is 114 Å². The Hall–Kier alpha value is -5.03. The summed E-state index contributed by atoms with van der Waals surface area (Å²) in [5.41, 5.74) is 2.54. The number of carbonyl (C=O) groups excluding carboxylic acids is 2. The topological polar surface area (TPSA) is 114 Å². The molecule has 2 amide bonds. The van der Waals surface area contributed by atoms with Crippen LogP contribution in [0.1, 0.15) is 30.0 Å². The number of benzene rings is 4. The molecule has 1 unspecified atom stereocenters. The highest BCUT2D eigenvalue weighted by molar-refractivity contribution is 7.92. The molecule has 0 fully saturated rings. The van der Waals surface area contributed by atoms with Crippen LogP contribution in [0, 0.1) is 6.92 Å². The number of hydrogen-bond acceptors (Lipinski definition) is 7. The molecule has 4 rings (SSSR count). The predicted molar refractivity (Wildman–Crippen MR) is 186 cm³/mol. The minimum absolute atomic E-state index is 0.00774. The van der Waals surface area contributed by atoms with Crippen LogP contribution in [0.25, 0.3) is 0 Å². The molecule has 48 heavy (non-hydrogen) atoms. The van der Waals surface area contributed by atoms with Crippen LogP contribution >= 0.6 is 0 Å². The summed E-state index contributed by atoms with van der Waals surface area (Å²) < 4.78 is 46.3. The van der Waals surface area contributed by atoms with E-state index in [0.717, 1.165) is 15.4 Å². The first-order chi connectivity index (χ1) is 23.1. The zero-order valence-corrected chi connectivity index (χ0v) is 28.8. The van der Waals surface area contributed by atoms with Gasteiger partial charge < -0.3 is 24.4 Å². The summed E-state index contributed by atoms with van der Waals surface area (Å²) >= 11 is 0. The molecule has 0 radical (unpaired) electrons. The maximum Gasteiger partial charge on any atom is 0.264 e. The number of anilines is 1. The quantitative estimate of drug-likeness (QED) is 0.170.